The fraction of sp³-hybridized carbons (Fsp3) is 0.292. The molecule has 1 aromatic carbocycles. The number of rotatable bonds is 6. The Labute approximate surface area is 184 Å². The first-order chi connectivity index (χ1) is 15.2. The third-order valence-electron chi connectivity index (χ3n) is 5.35. The molecule has 0 radical (unpaired) electrons. The van der Waals surface area contributed by atoms with Gasteiger partial charge in [0.05, 0.1) is 22.4 Å². The molecule has 2 amide bonds. The van der Waals surface area contributed by atoms with E-state index in [4.69, 9.17) is 4.74 Å². The van der Waals surface area contributed by atoms with Gasteiger partial charge in [-0.05, 0) is 49.1 Å². The number of pyridine rings is 1. The van der Waals surface area contributed by atoms with Gasteiger partial charge >= 0.3 is 5.97 Å². The van der Waals surface area contributed by atoms with Crippen LogP contribution in [0.2, 0.25) is 0 Å². The van der Waals surface area contributed by atoms with Crippen LogP contribution in [-0.4, -0.2) is 38.6 Å². The third-order valence-corrected chi connectivity index (χ3v) is 5.35. The zero-order valence-corrected chi connectivity index (χ0v) is 18.1. The van der Waals surface area contributed by atoms with E-state index in [2.05, 4.69) is 4.98 Å². The Balaban J connectivity index is 1.49. The first-order valence-corrected chi connectivity index (χ1v) is 10.4. The molecule has 8 nitrogen and oxygen atoms in total. The first kappa shape index (κ1) is 21.4. The molecule has 3 heterocycles. The zero-order valence-electron chi connectivity index (χ0n) is 18.1. The van der Waals surface area contributed by atoms with Crippen LogP contribution in [0.5, 0.6) is 0 Å². The number of carbonyl (C=O) groups excluding carboxylic acids is 3. The highest BCUT2D eigenvalue weighted by Crippen LogP contribution is 2.25. The van der Waals surface area contributed by atoms with Crippen molar-refractivity contribution >= 4 is 23.4 Å². The van der Waals surface area contributed by atoms with Gasteiger partial charge in [-0.15, -0.1) is 0 Å². The number of nitrogens with zero attached hydrogens (tertiary/aromatic N) is 3. The van der Waals surface area contributed by atoms with Gasteiger partial charge in [0.25, 0.3) is 17.4 Å². The molecule has 0 bridgehead atoms. The summed E-state index contributed by atoms with van der Waals surface area (Å²) in [6, 6.07) is 9.20. The van der Waals surface area contributed by atoms with Crippen molar-refractivity contribution in [1.29, 1.82) is 0 Å². The summed E-state index contributed by atoms with van der Waals surface area (Å²) in [5.41, 5.74) is 2.07. The highest BCUT2D eigenvalue weighted by atomic mass is 16.5. The van der Waals surface area contributed by atoms with Crippen LogP contribution < -0.4 is 5.56 Å². The molecule has 1 aliphatic heterocycles. The molecule has 1 aliphatic rings. The molecule has 3 aromatic rings. The van der Waals surface area contributed by atoms with Gasteiger partial charge in [0.2, 0.25) is 0 Å². The highest BCUT2D eigenvalue weighted by Gasteiger charge is 2.35. The standard InChI is InChI=1S/C24H23N3O5/c1-14(2)8-9-26-22(29)18-6-5-16(10-19(18)23(26)30)24(31)32-13-17-11-21(28)27-12-15(3)4-7-20(27)25-17/h4-7,10-12,14H,8-9,13H2,1-3H3. The monoisotopic (exact) mass is 433 g/mol. The van der Waals surface area contributed by atoms with Gasteiger partial charge in [-0.2, -0.15) is 0 Å². The third kappa shape index (κ3) is 4.03. The van der Waals surface area contributed by atoms with Gasteiger partial charge in [-0.1, -0.05) is 19.9 Å². The first-order valence-electron chi connectivity index (χ1n) is 10.4. The lowest BCUT2D eigenvalue weighted by Crippen LogP contribution is -2.31. The van der Waals surface area contributed by atoms with E-state index in [1.54, 1.807) is 12.3 Å². The van der Waals surface area contributed by atoms with E-state index in [1.807, 2.05) is 26.8 Å². The number of benzene rings is 1. The van der Waals surface area contributed by atoms with Gasteiger partial charge < -0.3 is 4.74 Å². The Bertz CT molecular complexity index is 1310. The maximum absolute atomic E-state index is 12.7. The lowest BCUT2D eigenvalue weighted by molar-refractivity contribution is 0.0467. The van der Waals surface area contributed by atoms with Crippen molar-refractivity contribution in [3.63, 3.8) is 0 Å². The number of esters is 1. The highest BCUT2D eigenvalue weighted by molar-refractivity contribution is 6.21. The lowest BCUT2D eigenvalue weighted by atomic mass is 10.1. The summed E-state index contributed by atoms with van der Waals surface area (Å²) in [6.45, 7) is 6.06. The second-order valence-electron chi connectivity index (χ2n) is 8.30. The number of aryl methyl sites for hydroxylation is 1. The van der Waals surface area contributed by atoms with Crippen LogP contribution in [0.4, 0.5) is 0 Å². The van der Waals surface area contributed by atoms with Crippen molar-refractivity contribution in [2.45, 2.75) is 33.8 Å². The van der Waals surface area contributed by atoms with Crippen molar-refractivity contribution in [2.75, 3.05) is 6.54 Å². The number of ether oxygens (including phenoxy) is 1. The summed E-state index contributed by atoms with van der Waals surface area (Å²) in [4.78, 5) is 55.6. The molecule has 0 saturated heterocycles. The molecule has 4 rings (SSSR count). The van der Waals surface area contributed by atoms with Crippen molar-refractivity contribution in [2.24, 2.45) is 5.92 Å². The molecule has 2 aromatic heterocycles. The van der Waals surface area contributed by atoms with Crippen LogP contribution in [-0.2, 0) is 11.3 Å². The average Bonchev–Trinajstić information content (AvgIpc) is 3.00. The summed E-state index contributed by atoms with van der Waals surface area (Å²) in [6.07, 6.45) is 2.40. The summed E-state index contributed by atoms with van der Waals surface area (Å²) in [7, 11) is 0. The molecule has 8 heteroatoms. The van der Waals surface area contributed by atoms with Crippen LogP contribution in [0.25, 0.3) is 5.65 Å². The summed E-state index contributed by atoms with van der Waals surface area (Å²) in [5.74, 6) is -1.06. The predicted octanol–water partition coefficient (Wildman–Crippen LogP) is 3.00. The molecule has 0 aliphatic carbocycles. The van der Waals surface area contributed by atoms with Crippen molar-refractivity contribution in [3.05, 3.63) is 80.9 Å². The number of hydrogen-bond donors (Lipinski definition) is 0. The Hall–Kier alpha value is -3.81. The SMILES string of the molecule is Cc1ccc2nc(COC(=O)c3ccc4c(c3)C(=O)N(CCC(C)C)C4=O)cc(=O)n2c1. The van der Waals surface area contributed by atoms with Crippen LogP contribution >= 0.6 is 0 Å². The van der Waals surface area contributed by atoms with Gasteiger partial charge in [0, 0.05) is 18.8 Å². The average molecular weight is 433 g/mol. The van der Waals surface area contributed by atoms with Crippen molar-refractivity contribution in [1.82, 2.24) is 14.3 Å². The Morgan fingerprint density at radius 1 is 1.03 bits per heavy atom. The zero-order chi connectivity index (χ0) is 23.0. The maximum Gasteiger partial charge on any atom is 0.338 e. The molecule has 164 valence electrons. The normalized spacial score (nSPS) is 13.2. The second kappa shape index (κ2) is 8.37. The molecular formula is C24H23N3O5. The van der Waals surface area contributed by atoms with E-state index >= 15 is 0 Å². The smallest absolute Gasteiger partial charge is 0.338 e. The van der Waals surface area contributed by atoms with E-state index in [0.29, 0.717) is 30.2 Å². The fourth-order valence-electron chi connectivity index (χ4n) is 3.56. The molecular weight excluding hydrogens is 410 g/mol. The second-order valence-corrected chi connectivity index (χ2v) is 8.30. The molecule has 0 atom stereocenters. The molecule has 32 heavy (non-hydrogen) atoms. The summed E-state index contributed by atoms with van der Waals surface area (Å²) >= 11 is 0. The van der Waals surface area contributed by atoms with E-state index in [9.17, 15) is 19.2 Å². The van der Waals surface area contributed by atoms with Gasteiger partial charge in [0.1, 0.15) is 12.3 Å². The van der Waals surface area contributed by atoms with E-state index in [1.165, 1.54) is 33.6 Å². The van der Waals surface area contributed by atoms with E-state index < -0.39 is 11.9 Å². The maximum atomic E-state index is 12.7. The van der Waals surface area contributed by atoms with Gasteiger partial charge in [0.15, 0.2) is 0 Å². The van der Waals surface area contributed by atoms with E-state index in [0.717, 1.165) is 5.56 Å². The van der Waals surface area contributed by atoms with Crippen LogP contribution in [0, 0.1) is 12.8 Å². The summed E-state index contributed by atoms with van der Waals surface area (Å²) < 4.78 is 6.74. The van der Waals surface area contributed by atoms with Crippen molar-refractivity contribution < 1.29 is 19.1 Å². The van der Waals surface area contributed by atoms with Gasteiger partial charge in [-0.25, -0.2) is 9.78 Å². The number of amides is 2. The molecule has 0 N–H and O–H groups in total. The fourth-order valence-corrected chi connectivity index (χ4v) is 3.56. The van der Waals surface area contributed by atoms with Crippen LogP contribution in [0.3, 0.4) is 0 Å². The number of hydrogen-bond acceptors (Lipinski definition) is 6. The number of carbonyl (C=O) groups is 3. The number of aromatic nitrogens is 2. The Morgan fingerprint density at radius 2 is 1.78 bits per heavy atom. The minimum absolute atomic E-state index is 0.156. The van der Waals surface area contributed by atoms with Gasteiger partial charge in [-0.3, -0.25) is 23.7 Å². The Morgan fingerprint density at radius 3 is 2.53 bits per heavy atom. The van der Waals surface area contributed by atoms with Crippen LogP contribution in [0.15, 0.2) is 47.4 Å². The van der Waals surface area contributed by atoms with Crippen LogP contribution in [0.1, 0.15) is 62.6 Å². The predicted molar refractivity (Wildman–Crippen MR) is 117 cm³/mol. The quantitative estimate of drug-likeness (QED) is 0.438. The largest absolute Gasteiger partial charge is 0.456 e. The topological polar surface area (TPSA) is 98.0 Å². The van der Waals surface area contributed by atoms with Crippen molar-refractivity contribution in [3.8, 4) is 0 Å². The minimum atomic E-state index is -0.667. The Kier molecular flexibility index (Phi) is 5.61. The lowest BCUT2D eigenvalue weighted by Gasteiger charge is -2.14. The molecule has 0 fully saturated rings. The minimum Gasteiger partial charge on any atom is -0.456 e. The molecule has 0 saturated carbocycles. The molecule has 0 unspecified atom stereocenters. The summed E-state index contributed by atoms with van der Waals surface area (Å²) in [5, 5.41) is 0. The number of imide groups is 1. The van der Waals surface area contributed by atoms with E-state index in [-0.39, 0.29) is 34.8 Å². The number of fused-ring (bicyclic) bond motifs is 2. The molecule has 0 spiro atoms.